The minimum Gasteiger partial charge on any atom is -0.384 e. The van der Waals surface area contributed by atoms with Crippen LogP contribution in [-0.2, 0) is 4.74 Å². The minimum atomic E-state index is 0.833. The van der Waals surface area contributed by atoms with Crippen molar-refractivity contribution >= 4 is 0 Å². The fourth-order valence-electron chi connectivity index (χ4n) is 3.04. The summed E-state index contributed by atoms with van der Waals surface area (Å²) in [7, 11) is 1.80. The quantitative estimate of drug-likeness (QED) is 0.482. The Bertz CT molecular complexity index is 242. The van der Waals surface area contributed by atoms with Crippen LogP contribution in [0, 0.1) is 29.6 Å². The van der Waals surface area contributed by atoms with Crippen molar-refractivity contribution in [3.63, 3.8) is 0 Å². The van der Waals surface area contributed by atoms with E-state index in [0.717, 1.165) is 36.2 Å². The van der Waals surface area contributed by atoms with Crippen LogP contribution in [0.15, 0.2) is 0 Å². The maximum atomic E-state index is 5.12. The van der Waals surface area contributed by atoms with Crippen LogP contribution in [0.3, 0.4) is 0 Å². The number of hydrogen-bond donors (Lipinski definition) is 0. The largest absolute Gasteiger partial charge is 0.384 e. The Hall–Kier alpha value is -0.0400. The van der Waals surface area contributed by atoms with Gasteiger partial charge in [0.05, 0.1) is 0 Å². The Labute approximate surface area is 168 Å². The Kier molecular flexibility index (Phi) is 21.4. The molecule has 0 saturated heterocycles. The summed E-state index contributed by atoms with van der Waals surface area (Å²) in [5.74, 6) is 4.58. The lowest BCUT2D eigenvalue weighted by Gasteiger charge is -2.25. The summed E-state index contributed by atoms with van der Waals surface area (Å²) in [5.41, 5.74) is 0. The van der Waals surface area contributed by atoms with Crippen molar-refractivity contribution in [1.82, 2.24) is 0 Å². The average Bonchev–Trinajstić information content (AvgIpc) is 2.58. The predicted molar refractivity (Wildman–Crippen MR) is 121 cm³/mol. The molecule has 0 aromatic carbocycles. The van der Waals surface area contributed by atoms with E-state index >= 15 is 0 Å². The number of hydrogen-bond acceptors (Lipinski definition) is 1. The second-order valence-electron chi connectivity index (χ2n) is 9.86. The van der Waals surface area contributed by atoms with Crippen molar-refractivity contribution in [2.75, 3.05) is 13.7 Å². The standard InChI is InChI=1S/C9H18O.C7H14.C5H12.C4H10/c1-8-3-5-9(6-4-8)7-10-2;1-7-5-3-2-4-6-7;1-4-5(2)3;1-4(2)3/h8-9H,3-7H2,1-2H3;7H,2-6H2,1H3;5H,4H2,1-3H3;4H,1-3H3. The molecule has 2 fully saturated rings. The molecule has 2 aliphatic rings. The highest BCUT2D eigenvalue weighted by molar-refractivity contribution is 4.69. The molecule has 0 atom stereocenters. The van der Waals surface area contributed by atoms with Crippen molar-refractivity contribution in [3.8, 4) is 0 Å². The van der Waals surface area contributed by atoms with Crippen molar-refractivity contribution in [3.05, 3.63) is 0 Å². The van der Waals surface area contributed by atoms with E-state index in [9.17, 15) is 0 Å². The molecule has 0 radical (unpaired) electrons. The van der Waals surface area contributed by atoms with Crippen LogP contribution in [-0.4, -0.2) is 13.7 Å². The lowest BCUT2D eigenvalue weighted by molar-refractivity contribution is 0.121. The summed E-state index contributed by atoms with van der Waals surface area (Å²) in [5, 5.41) is 0. The smallest absolute Gasteiger partial charge is 0.0490 e. The van der Waals surface area contributed by atoms with Gasteiger partial charge < -0.3 is 4.74 Å². The molecule has 2 saturated carbocycles. The summed E-state index contributed by atoms with van der Waals surface area (Å²) in [6.45, 7) is 18.8. The molecule has 1 heteroatoms. The van der Waals surface area contributed by atoms with Gasteiger partial charge in [-0.05, 0) is 42.4 Å². The van der Waals surface area contributed by atoms with Gasteiger partial charge in [-0.3, -0.25) is 0 Å². The summed E-state index contributed by atoms with van der Waals surface area (Å²) < 4.78 is 5.12. The summed E-state index contributed by atoms with van der Waals surface area (Å²) >= 11 is 0. The number of ether oxygens (including phenoxy) is 1. The Morgan fingerprint density at radius 1 is 0.731 bits per heavy atom. The van der Waals surface area contributed by atoms with Gasteiger partial charge in [-0.1, -0.05) is 107 Å². The minimum absolute atomic E-state index is 0.833. The van der Waals surface area contributed by atoms with Gasteiger partial charge in [0.15, 0.2) is 0 Å². The Balaban J connectivity index is 0. The lowest BCUT2D eigenvalue weighted by Crippen LogP contribution is -2.16. The monoisotopic (exact) mass is 370 g/mol. The number of rotatable bonds is 3. The van der Waals surface area contributed by atoms with Gasteiger partial charge in [-0.2, -0.15) is 0 Å². The van der Waals surface area contributed by atoms with Crippen LogP contribution in [0.2, 0.25) is 0 Å². The van der Waals surface area contributed by atoms with E-state index in [1.54, 1.807) is 7.11 Å². The first kappa shape index (κ1) is 28.2. The van der Waals surface area contributed by atoms with Gasteiger partial charge in [-0.15, -0.1) is 0 Å². The third kappa shape index (κ3) is 24.0. The normalized spacial score (nSPS) is 23.2. The average molecular weight is 371 g/mol. The third-order valence-corrected chi connectivity index (χ3v) is 5.25. The molecule has 0 aromatic rings. The second-order valence-corrected chi connectivity index (χ2v) is 9.86. The van der Waals surface area contributed by atoms with Gasteiger partial charge in [0.1, 0.15) is 0 Å². The first-order chi connectivity index (χ1) is 12.2. The van der Waals surface area contributed by atoms with E-state index < -0.39 is 0 Å². The number of methoxy groups -OCH3 is 1. The van der Waals surface area contributed by atoms with Crippen LogP contribution in [0.5, 0.6) is 0 Å². The topological polar surface area (TPSA) is 9.23 Å². The van der Waals surface area contributed by atoms with Crippen LogP contribution in [0.4, 0.5) is 0 Å². The van der Waals surface area contributed by atoms with Gasteiger partial charge in [-0.25, -0.2) is 0 Å². The molecule has 160 valence electrons. The van der Waals surface area contributed by atoms with E-state index in [1.807, 2.05) is 0 Å². The molecule has 0 amide bonds. The van der Waals surface area contributed by atoms with Crippen molar-refractivity contribution < 1.29 is 4.74 Å². The van der Waals surface area contributed by atoms with Crippen LogP contribution in [0.1, 0.15) is 120 Å². The van der Waals surface area contributed by atoms with Crippen molar-refractivity contribution in [2.45, 2.75) is 120 Å². The van der Waals surface area contributed by atoms with Crippen molar-refractivity contribution in [1.29, 1.82) is 0 Å². The Morgan fingerprint density at radius 3 is 1.38 bits per heavy atom. The highest BCUT2D eigenvalue weighted by atomic mass is 16.5. The maximum Gasteiger partial charge on any atom is 0.0490 e. The molecular weight excluding hydrogens is 316 g/mol. The molecule has 0 aliphatic heterocycles. The highest BCUT2D eigenvalue weighted by Crippen LogP contribution is 2.28. The third-order valence-electron chi connectivity index (χ3n) is 5.25. The van der Waals surface area contributed by atoms with E-state index in [4.69, 9.17) is 4.74 Å². The molecular formula is C25H54O. The molecule has 0 heterocycles. The highest BCUT2D eigenvalue weighted by Gasteiger charge is 2.17. The molecule has 0 N–H and O–H groups in total. The van der Waals surface area contributed by atoms with Crippen LogP contribution >= 0.6 is 0 Å². The second kappa shape index (κ2) is 19.7. The van der Waals surface area contributed by atoms with E-state index in [2.05, 4.69) is 55.4 Å². The van der Waals surface area contributed by atoms with E-state index in [0.29, 0.717) is 0 Å². The zero-order valence-electron chi connectivity index (χ0n) is 20.1. The van der Waals surface area contributed by atoms with Crippen LogP contribution in [0.25, 0.3) is 0 Å². The zero-order chi connectivity index (χ0) is 20.4. The molecule has 0 aromatic heterocycles. The first-order valence-corrected chi connectivity index (χ1v) is 11.7. The first-order valence-electron chi connectivity index (χ1n) is 11.7. The van der Waals surface area contributed by atoms with Crippen LogP contribution < -0.4 is 0 Å². The maximum absolute atomic E-state index is 5.12. The lowest BCUT2D eigenvalue weighted by atomic mass is 9.83. The van der Waals surface area contributed by atoms with E-state index in [-0.39, 0.29) is 0 Å². The fraction of sp³-hybridized carbons (Fsp3) is 1.00. The predicted octanol–water partition coefficient (Wildman–Crippen LogP) is 8.76. The van der Waals surface area contributed by atoms with Gasteiger partial charge in [0, 0.05) is 13.7 Å². The van der Waals surface area contributed by atoms with Gasteiger partial charge >= 0.3 is 0 Å². The molecule has 2 rings (SSSR count). The molecule has 26 heavy (non-hydrogen) atoms. The van der Waals surface area contributed by atoms with E-state index in [1.165, 1.54) is 64.2 Å². The summed E-state index contributed by atoms with van der Waals surface area (Å²) in [4.78, 5) is 0. The Morgan fingerprint density at radius 2 is 1.12 bits per heavy atom. The molecule has 0 spiro atoms. The SMILES string of the molecule is CC(C)C.CC1CCCCC1.CCC(C)C.COCC1CCC(C)CC1. The molecule has 2 aliphatic carbocycles. The van der Waals surface area contributed by atoms with Gasteiger partial charge in [0.25, 0.3) is 0 Å². The summed E-state index contributed by atoms with van der Waals surface area (Å²) in [6.07, 6.45) is 14.3. The van der Waals surface area contributed by atoms with Crippen molar-refractivity contribution in [2.24, 2.45) is 29.6 Å². The summed E-state index contributed by atoms with van der Waals surface area (Å²) in [6, 6.07) is 0. The molecule has 0 unspecified atom stereocenters. The fourth-order valence-corrected chi connectivity index (χ4v) is 3.04. The zero-order valence-corrected chi connectivity index (χ0v) is 20.1. The van der Waals surface area contributed by atoms with Gasteiger partial charge in [0.2, 0.25) is 0 Å². The molecule has 1 nitrogen and oxygen atoms in total. The molecule has 0 bridgehead atoms.